The average Bonchev–Trinajstić information content (AvgIpc) is 3.53. The number of nitrogens with zero attached hydrogens (tertiary/aromatic N) is 1. The van der Waals surface area contributed by atoms with Gasteiger partial charge in [0, 0.05) is 34.3 Å². The Morgan fingerprint density at radius 1 is 0.651 bits per heavy atom. The van der Waals surface area contributed by atoms with Gasteiger partial charge >= 0.3 is 0 Å². The summed E-state index contributed by atoms with van der Waals surface area (Å²) in [5.74, 6) is 4.64. The maximum absolute atomic E-state index is 6.10. The number of halogens is 1. The molecular weight excluding hydrogens is 574 g/mol. The van der Waals surface area contributed by atoms with Crippen molar-refractivity contribution in [1.29, 1.82) is 0 Å². The monoisotopic (exact) mass is 610 g/mol. The van der Waals surface area contributed by atoms with Crippen LogP contribution < -0.4 is 33.2 Å². The third-order valence-corrected chi connectivity index (χ3v) is 6.98. The summed E-state index contributed by atoms with van der Waals surface area (Å²) < 4.78 is 44.8. The lowest BCUT2D eigenvalue weighted by Gasteiger charge is -2.13. The third-order valence-electron chi connectivity index (χ3n) is 6.76. The summed E-state index contributed by atoms with van der Waals surface area (Å²) in [6, 6.07) is 17.5. The molecule has 43 heavy (non-hydrogen) atoms. The van der Waals surface area contributed by atoms with Crippen molar-refractivity contribution >= 4 is 11.6 Å². The number of hydrogen-bond acceptors (Lipinski definition) is 9. The minimum Gasteiger partial charge on any atom is -0.493 e. The molecule has 10 heteroatoms. The Balaban J connectivity index is 1.28. The molecule has 0 unspecified atom stereocenters. The van der Waals surface area contributed by atoms with E-state index in [1.165, 1.54) is 0 Å². The SMILES string of the molecule is COc1[c]cc(Cl)cc1OCCCCCCCOc1cc(-c2cc(-c3cc(OC)c(OC)c(OC)c3)no2)ccc1OC. The molecule has 4 rings (SSSR count). The summed E-state index contributed by atoms with van der Waals surface area (Å²) in [4.78, 5) is 0. The Bertz CT molecular complexity index is 1450. The Hall–Kier alpha value is -4.24. The van der Waals surface area contributed by atoms with Gasteiger partial charge in [-0.2, -0.15) is 0 Å². The number of unbranched alkanes of at least 4 members (excludes halogenated alkanes) is 4. The van der Waals surface area contributed by atoms with Crippen LogP contribution in [0.3, 0.4) is 0 Å². The van der Waals surface area contributed by atoms with Gasteiger partial charge in [-0.3, -0.25) is 0 Å². The lowest BCUT2D eigenvalue weighted by Crippen LogP contribution is -2.01. The van der Waals surface area contributed by atoms with E-state index in [0.717, 1.165) is 43.2 Å². The van der Waals surface area contributed by atoms with Gasteiger partial charge in [0.05, 0.1) is 48.8 Å². The van der Waals surface area contributed by atoms with Gasteiger partial charge in [0.25, 0.3) is 0 Å². The van der Waals surface area contributed by atoms with Crippen LogP contribution in [0.2, 0.25) is 5.02 Å². The van der Waals surface area contributed by atoms with Gasteiger partial charge in [-0.25, -0.2) is 0 Å². The van der Waals surface area contributed by atoms with E-state index >= 15 is 0 Å². The van der Waals surface area contributed by atoms with E-state index in [1.54, 1.807) is 47.7 Å². The second kappa shape index (κ2) is 15.8. The van der Waals surface area contributed by atoms with Crippen LogP contribution in [0, 0.1) is 6.07 Å². The Morgan fingerprint density at radius 2 is 1.28 bits per heavy atom. The van der Waals surface area contributed by atoms with Crippen LogP contribution in [-0.2, 0) is 0 Å². The van der Waals surface area contributed by atoms with Crippen molar-refractivity contribution in [2.75, 3.05) is 48.8 Å². The summed E-state index contributed by atoms with van der Waals surface area (Å²) in [7, 11) is 7.92. The second-order valence-corrected chi connectivity index (χ2v) is 9.97. The van der Waals surface area contributed by atoms with Crippen molar-refractivity contribution in [1.82, 2.24) is 5.16 Å². The summed E-state index contributed by atoms with van der Waals surface area (Å²) in [5, 5.41) is 4.84. The van der Waals surface area contributed by atoms with Gasteiger partial charge in [0.15, 0.2) is 40.3 Å². The normalized spacial score (nSPS) is 10.7. The van der Waals surface area contributed by atoms with Gasteiger partial charge in [-0.15, -0.1) is 0 Å². The van der Waals surface area contributed by atoms with Gasteiger partial charge < -0.3 is 37.7 Å². The summed E-state index contributed by atoms with van der Waals surface area (Å²) in [6.45, 7) is 1.16. The average molecular weight is 611 g/mol. The number of hydrogen-bond donors (Lipinski definition) is 0. The molecule has 0 spiro atoms. The molecule has 0 saturated heterocycles. The van der Waals surface area contributed by atoms with Crippen molar-refractivity contribution in [3.8, 4) is 62.8 Å². The Kier molecular flexibility index (Phi) is 11.7. The third kappa shape index (κ3) is 8.20. The number of rotatable bonds is 17. The predicted molar refractivity (Wildman–Crippen MR) is 164 cm³/mol. The fourth-order valence-electron chi connectivity index (χ4n) is 4.52. The largest absolute Gasteiger partial charge is 0.493 e. The van der Waals surface area contributed by atoms with E-state index in [1.807, 2.05) is 36.4 Å². The van der Waals surface area contributed by atoms with E-state index in [-0.39, 0.29) is 0 Å². The molecule has 4 aromatic rings. The van der Waals surface area contributed by atoms with Crippen molar-refractivity contribution in [3.63, 3.8) is 0 Å². The van der Waals surface area contributed by atoms with Crippen molar-refractivity contribution < 1.29 is 37.7 Å². The molecule has 0 bridgehead atoms. The molecule has 1 radical (unpaired) electrons. The van der Waals surface area contributed by atoms with Crippen molar-refractivity contribution in [3.05, 3.63) is 59.6 Å². The highest BCUT2D eigenvalue weighted by Gasteiger charge is 2.18. The quantitative estimate of drug-likeness (QED) is 0.111. The molecular formula is C33H37ClNO8. The van der Waals surface area contributed by atoms with Gasteiger partial charge in [0.1, 0.15) is 5.69 Å². The zero-order valence-corrected chi connectivity index (χ0v) is 25.9. The van der Waals surface area contributed by atoms with E-state index in [2.05, 4.69) is 11.2 Å². The number of benzene rings is 3. The van der Waals surface area contributed by atoms with E-state index < -0.39 is 0 Å². The Morgan fingerprint density at radius 3 is 1.91 bits per heavy atom. The first-order valence-corrected chi connectivity index (χ1v) is 14.3. The fraction of sp³-hybridized carbons (Fsp3) is 0.364. The van der Waals surface area contributed by atoms with Crippen molar-refractivity contribution in [2.24, 2.45) is 0 Å². The second-order valence-electron chi connectivity index (χ2n) is 9.54. The fourth-order valence-corrected chi connectivity index (χ4v) is 4.68. The first-order chi connectivity index (χ1) is 21.0. The molecule has 0 aliphatic rings. The van der Waals surface area contributed by atoms with E-state index in [9.17, 15) is 0 Å². The molecule has 0 aliphatic carbocycles. The van der Waals surface area contributed by atoms with E-state index in [0.29, 0.717) is 69.9 Å². The zero-order valence-electron chi connectivity index (χ0n) is 25.2. The summed E-state index contributed by atoms with van der Waals surface area (Å²) in [6.07, 6.45) is 5.01. The molecule has 0 amide bonds. The molecule has 3 aromatic carbocycles. The molecule has 9 nitrogen and oxygen atoms in total. The maximum atomic E-state index is 6.10. The molecule has 229 valence electrons. The molecule has 0 fully saturated rings. The first-order valence-electron chi connectivity index (χ1n) is 14.0. The van der Waals surface area contributed by atoms with Crippen LogP contribution in [0.4, 0.5) is 0 Å². The highest BCUT2D eigenvalue weighted by Crippen LogP contribution is 2.42. The van der Waals surface area contributed by atoms with Crippen LogP contribution >= 0.6 is 11.6 Å². The molecule has 0 atom stereocenters. The number of ether oxygens (including phenoxy) is 7. The van der Waals surface area contributed by atoms with Gasteiger partial charge in [0.2, 0.25) is 5.75 Å². The van der Waals surface area contributed by atoms with Gasteiger partial charge in [-0.05, 0) is 49.2 Å². The lowest BCUT2D eigenvalue weighted by molar-refractivity contribution is 0.276. The van der Waals surface area contributed by atoms with Crippen LogP contribution in [0.15, 0.2) is 53.1 Å². The van der Waals surface area contributed by atoms with Crippen LogP contribution in [0.25, 0.3) is 22.6 Å². The molecule has 0 saturated carbocycles. The van der Waals surface area contributed by atoms with Crippen LogP contribution in [0.1, 0.15) is 32.1 Å². The zero-order chi connectivity index (χ0) is 30.6. The molecule has 1 heterocycles. The lowest BCUT2D eigenvalue weighted by atomic mass is 10.1. The summed E-state index contributed by atoms with van der Waals surface area (Å²) in [5.41, 5.74) is 2.21. The maximum Gasteiger partial charge on any atom is 0.203 e. The highest BCUT2D eigenvalue weighted by molar-refractivity contribution is 6.30. The first kappa shape index (κ1) is 31.7. The number of aromatic nitrogens is 1. The smallest absolute Gasteiger partial charge is 0.203 e. The molecule has 0 aliphatic heterocycles. The minimum atomic E-state index is 0.511. The van der Waals surface area contributed by atoms with E-state index in [4.69, 9.17) is 49.3 Å². The topological polar surface area (TPSA) is 90.6 Å². The van der Waals surface area contributed by atoms with Gasteiger partial charge in [-0.1, -0.05) is 36.0 Å². The standard InChI is InChI=1S/C33H37ClNO8/c1-36-26-13-11-22(28-21-25(35-43-28)23-18-31(38-3)33(40-5)32(19-23)39-4)17-29(26)41-15-9-7-6-8-10-16-42-30-20-24(34)12-14-27(30)37-2/h11-13,17-21H,6-10,15-16H2,1-5H3. The highest BCUT2D eigenvalue weighted by atomic mass is 35.5. The minimum absolute atomic E-state index is 0.511. The Labute approximate surface area is 257 Å². The predicted octanol–water partition coefficient (Wildman–Crippen LogP) is 7.91. The van der Waals surface area contributed by atoms with Crippen LogP contribution in [0.5, 0.6) is 40.2 Å². The molecule has 0 N–H and O–H groups in total. The number of methoxy groups -OCH3 is 5. The van der Waals surface area contributed by atoms with Crippen molar-refractivity contribution in [2.45, 2.75) is 32.1 Å². The van der Waals surface area contributed by atoms with Crippen LogP contribution in [-0.4, -0.2) is 53.9 Å². The molecule has 1 aromatic heterocycles. The summed E-state index contributed by atoms with van der Waals surface area (Å²) >= 11 is 6.03.